The number of nitrogens with two attached hydrogens (primary N) is 2. The van der Waals surface area contributed by atoms with Gasteiger partial charge in [-0.25, -0.2) is 5.84 Å². The molecule has 0 aromatic heterocycles. The van der Waals surface area contributed by atoms with Crippen molar-refractivity contribution in [2.24, 2.45) is 11.6 Å². The summed E-state index contributed by atoms with van der Waals surface area (Å²) in [6, 6.07) is 0. The van der Waals surface area contributed by atoms with E-state index in [2.05, 4.69) is 20.1 Å². The number of aliphatic hydroxyl groups excluding tert-OH is 1. The van der Waals surface area contributed by atoms with Crippen LogP contribution in [-0.2, 0) is 0 Å². The van der Waals surface area contributed by atoms with Crippen LogP contribution in [0, 0.1) is 0 Å². The van der Waals surface area contributed by atoms with E-state index >= 15 is 0 Å². The van der Waals surface area contributed by atoms with Crippen molar-refractivity contribution >= 4 is 0 Å². The molecule has 5 N–H and O–H groups in total. The number of hydrogen-bond donors (Lipinski definition) is 3. The molecule has 98 valence electrons. The molecule has 17 heavy (non-hydrogen) atoms. The van der Waals surface area contributed by atoms with E-state index < -0.39 is 0 Å². The first-order valence-corrected chi connectivity index (χ1v) is 5.97. The van der Waals surface area contributed by atoms with E-state index in [1.165, 1.54) is 17.9 Å². The third-order valence-electron chi connectivity index (χ3n) is 2.53. The number of unbranched alkanes of at least 4 members (excludes halogenated alkanes) is 3. The standard InChI is InChI=1S/C13H25N3O/c1-5-6-7-8-9-16(15)13(11(4)17)12(14)10(2)3/h17H,2,4-9,14-15H2,1,3H3/b13-12-. The minimum Gasteiger partial charge on any atom is -0.506 e. The van der Waals surface area contributed by atoms with Crippen molar-refractivity contribution in [3.05, 3.63) is 35.9 Å². The normalized spacial score (nSPS) is 11.9. The monoisotopic (exact) mass is 239 g/mol. The summed E-state index contributed by atoms with van der Waals surface area (Å²) in [6.45, 7) is 11.8. The molecule has 0 bridgehead atoms. The van der Waals surface area contributed by atoms with Crippen molar-refractivity contribution in [3.63, 3.8) is 0 Å². The second-order valence-corrected chi connectivity index (χ2v) is 4.24. The topological polar surface area (TPSA) is 75.5 Å². The Morgan fingerprint density at radius 3 is 2.24 bits per heavy atom. The summed E-state index contributed by atoms with van der Waals surface area (Å²) in [6.07, 6.45) is 4.43. The molecule has 0 rings (SSSR count). The lowest BCUT2D eigenvalue weighted by atomic mass is 10.1. The van der Waals surface area contributed by atoms with E-state index in [4.69, 9.17) is 11.6 Å². The fourth-order valence-electron chi connectivity index (χ4n) is 1.50. The fourth-order valence-corrected chi connectivity index (χ4v) is 1.50. The predicted octanol–water partition coefficient (Wildman–Crippen LogP) is 2.56. The molecule has 0 spiro atoms. The highest BCUT2D eigenvalue weighted by Gasteiger charge is 2.13. The Labute approximate surface area is 104 Å². The van der Waals surface area contributed by atoms with Crippen molar-refractivity contribution in [2.45, 2.75) is 39.5 Å². The maximum Gasteiger partial charge on any atom is 0.135 e. The zero-order chi connectivity index (χ0) is 13.4. The molecular weight excluding hydrogens is 214 g/mol. The zero-order valence-corrected chi connectivity index (χ0v) is 11.0. The molecule has 0 saturated heterocycles. The van der Waals surface area contributed by atoms with Crippen molar-refractivity contribution in [2.75, 3.05) is 6.54 Å². The van der Waals surface area contributed by atoms with Crippen LogP contribution in [0.5, 0.6) is 0 Å². The number of nitrogens with zero attached hydrogens (tertiary/aromatic N) is 1. The molecule has 0 aromatic rings. The van der Waals surface area contributed by atoms with Crippen LogP contribution >= 0.6 is 0 Å². The van der Waals surface area contributed by atoms with Gasteiger partial charge in [0.1, 0.15) is 11.5 Å². The summed E-state index contributed by atoms with van der Waals surface area (Å²) < 4.78 is 0. The first kappa shape index (κ1) is 15.6. The maximum atomic E-state index is 9.51. The van der Waals surface area contributed by atoms with Crippen LogP contribution in [0.3, 0.4) is 0 Å². The molecule has 0 amide bonds. The summed E-state index contributed by atoms with van der Waals surface area (Å²) in [5.74, 6) is 5.75. The molecule has 4 heteroatoms. The minimum atomic E-state index is -0.122. The Balaban J connectivity index is 4.58. The van der Waals surface area contributed by atoms with Crippen LogP contribution < -0.4 is 11.6 Å². The molecule has 0 aromatic carbocycles. The number of aliphatic hydroxyl groups is 1. The molecule has 0 aliphatic rings. The van der Waals surface area contributed by atoms with Crippen LogP contribution in [0.15, 0.2) is 35.9 Å². The van der Waals surface area contributed by atoms with E-state index in [9.17, 15) is 5.11 Å². The van der Waals surface area contributed by atoms with Crippen molar-refractivity contribution in [3.8, 4) is 0 Å². The Kier molecular flexibility index (Phi) is 7.14. The third-order valence-corrected chi connectivity index (χ3v) is 2.53. The Hall–Kier alpha value is -1.42. The van der Waals surface area contributed by atoms with Crippen LogP contribution in [0.4, 0.5) is 0 Å². The molecule has 0 saturated carbocycles. The van der Waals surface area contributed by atoms with Gasteiger partial charge in [-0.15, -0.1) is 0 Å². The molecule has 0 atom stereocenters. The summed E-state index contributed by atoms with van der Waals surface area (Å²) in [5.41, 5.74) is 7.25. The van der Waals surface area contributed by atoms with Crippen molar-refractivity contribution < 1.29 is 5.11 Å². The molecule has 0 aliphatic carbocycles. The van der Waals surface area contributed by atoms with Gasteiger partial charge in [0.25, 0.3) is 0 Å². The number of hydrogen-bond acceptors (Lipinski definition) is 4. The summed E-state index contributed by atoms with van der Waals surface area (Å²) in [4.78, 5) is 0. The van der Waals surface area contributed by atoms with Gasteiger partial charge in [-0.2, -0.15) is 0 Å². The van der Waals surface area contributed by atoms with E-state index in [0.29, 0.717) is 23.5 Å². The Morgan fingerprint density at radius 1 is 1.24 bits per heavy atom. The molecule has 0 radical (unpaired) electrons. The second kappa shape index (κ2) is 7.79. The first-order valence-electron chi connectivity index (χ1n) is 5.97. The van der Waals surface area contributed by atoms with Gasteiger partial charge in [-0.1, -0.05) is 39.3 Å². The van der Waals surface area contributed by atoms with Gasteiger partial charge < -0.3 is 15.8 Å². The lowest BCUT2D eigenvalue weighted by Crippen LogP contribution is -2.34. The Bertz CT molecular complexity index is 308. The highest BCUT2D eigenvalue weighted by atomic mass is 16.3. The number of hydrazine groups is 1. The van der Waals surface area contributed by atoms with Crippen molar-refractivity contribution in [1.82, 2.24) is 5.01 Å². The van der Waals surface area contributed by atoms with Crippen LogP contribution in [0.25, 0.3) is 0 Å². The van der Waals surface area contributed by atoms with Gasteiger partial charge in [0.15, 0.2) is 0 Å². The van der Waals surface area contributed by atoms with Gasteiger partial charge in [0.2, 0.25) is 0 Å². The SMILES string of the molecule is C=C(C)/C(N)=C(\C(=C)O)N(N)CCCCCC. The quantitative estimate of drug-likeness (QED) is 0.200. The maximum absolute atomic E-state index is 9.51. The molecule has 0 heterocycles. The Morgan fingerprint density at radius 2 is 1.82 bits per heavy atom. The molecule has 0 fully saturated rings. The largest absolute Gasteiger partial charge is 0.506 e. The first-order chi connectivity index (χ1) is 7.91. The lowest BCUT2D eigenvalue weighted by molar-refractivity contribution is 0.304. The average molecular weight is 239 g/mol. The van der Waals surface area contributed by atoms with E-state index in [1.54, 1.807) is 6.92 Å². The molecule has 4 nitrogen and oxygen atoms in total. The number of allylic oxidation sites excluding steroid dienone is 1. The molecular formula is C13H25N3O. The van der Waals surface area contributed by atoms with Gasteiger partial charge in [-0.3, -0.25) is 0 Å². The molecule has 0 unspecified atom stereocenters. The highest BCUT2D eigenvalue weighted by Crippen LogP contribution is 2.16. The van der Waals surface area contributed by atoms with Gasteiger partial charge in [-0.05, 0) is 18.9 Å². The van der Waals surface area contributed by atoms with Gasteiger partial charge in [0, 0.05) is 6.54 Å². The lowest BCUT2D eigenvalue weighted by Gasteiger charge is -2.23. The van der Waals surface area contributed by atoms with Crippen LogP contribution in [0.2, 0.25) is 0 Å². The third kappa shape index (κ3) is 5.45. The smallest absolute Gasteiger partial charge is 0.135 e. The summed E-state index contributed by atoms with van der Waals surface area (Å²) >= 11 is 0. The fraction of sp³-hybridized carbons (Fsp3) is 0.538. The zero-order valence-electron chi connectivity index (χ0n) is 11.0. The van der Waals surface area contributed by atoms with E-state index in [1.807, 2.05) is 0 Å². The summed E-state index contributed by atoms with van der Waals surface area (Å²) in [7, 11) is 0. The highest BCUT2D eigenvalue weighted by molar-refractivity contribution is 5.36. The summed E-state index contributed by atoms with van der Waals surface area (Å²) in [5, 5.41) is 11.0. The van der Waals surface area contributed by atoms with Gasteiger partial charge >= 0.3 is 0 Å². The van der Waals surface area contributed by atoms with E-state index in [-0.39, 0.29) is 5.76 Å². The van der Waals surface area contributed by atoms with E-state index in [0.717, 1.165) is 12.8 Å². The minimum absolute atomic E-state index is 0.122. The second-order valence-electron chi connectivity index (χ2n) is 4.24. The molecule has 0 aliphatic heterocycles. The van der Waals surface area contributed by atoms with Gasteiger partial charge in [0.05, 0.1) is 5.70 Å². The van der Waals surface area contributed by atoms with Crippen molar-refractivity contribution in [1.29, 1.82) is 0 Å². The van der Waals surface area contributed by atoms with Crippen LogP contribution in [-0.4, -0.2) is 16.7 Å². The van der Waals surface area contributed by atoms with Crippen LogP contribution in [0.1, 0.15) is 39.5 Å². The predicted molar refractivity (Wildman–Crippen MR) is 72.8 cm³/mol. The number of rotatable bonds is 8. The average Bonchev–Trinajstić information content (AvgIpc) is 2.23.